The Morgan fingerprint density at radius 2 is 1.06 bits per heavy atom. The van der Waals surface area contributed by atoms with Gasteiger partial charge in [0, 0.05) is 38.5 Å². The van der Waals surface area contributed by atoms with Crippen LogP contribution in [0.15, 0.2) is 109 Å². The van der Waals surface area contributed by atoms with Crippen LogP contribution in [0.25, 0.3) is 70.5 Å². The minimum Gasteiger partial charge on any atom is -0.299 e. The van der Waals surface area contributed by atoms with Crippen molar-refractivity contribution >= 4 is 70.5 Å². The zero-order valence-corrected chi connectivity index (χ0v) is 17.8. The third-order valence-corrected chi connectivity index (χ3v) is 7.10. The lowest BCUT2D eigenvalue weighted by molar-refractivity contribution is 1.24. The molecular formula is C31H18N2. The first-order valence-electron chi connectivity index (χ1n) is 11.3. The van der Waals surface area contributed by atoms with Crippen LogP contribution < -0.4 is 0 Å². The summed E-state index contributed by atoms with van der Waals surface area (Å²) < 4.78 is 2.32. The molecule has 8 rings (SSSR count). The number of aromatic nitrogens is 2. The first-order chi connectivity index (χ1) is 16.4. The summed E-state index contributed by atoms with van der Waals surface area (Å²) >= 11 is 0. The summed E-state index contributed by atoms with van der Waals surface area (Å²) in [5.41, 5.74) is 3.26. The summed E-state index contributed by atoms with van der Waals surface area (Å²) in [5, 5.41) is 12.6. The molecule has 8 aromatic rings. The van der Waals surface area contributed by atoms with Gasteiger partial charge >= 0.3 is 0 Å². The SMILES string of the molecule is c1ccc2nc3c(cc2c1)c1c2ccccc2c2ccccc2c1c1c2ccccc2cn31. The summed E-state index contributed by atoms with van der Waals surface area (Å²) in [6.45, 7) is 0. The third-order valence-electron chi connectivity index (χ3n) is 7.10. The molecule has 0 saturated carbocycles. The van der Waals surface area contributed by atoms with Gasteiger partial charge < -0.3 is 0 Å². The van der Waals surface area contributed by atoms with Crippen molar-refractivity contribution in [3.63, 3.8) is 0 Å². The van der Waals surface area contributed by atoms with E-state index in [4.69, 9.17) is 4.98 Å². The van der Waals surface area contributed by atoms with E-state index < -0.39 is 0 Å². The lowest BCUT2D eigenvalue weighted by Gasteiger charge is -2.16. The van der Waals surface area contributed by atoms with Gasteiger partial charge in [0.2, 0.25) is 0 Å². The van der Waals surface area contributed by atoms with Gasteiger partial charge in [-0.3, -0.25) is 4.40 Å². The molecule has 3 aromatic heterocycles. The first-order valence-corrected chi connectivity index (χ1v) is 11.3. The van der Waals surface area contributed by atoms with Crippen LogP contribution in [-0.2, 0) is 0 Å². The number of nitrogens with zero attached hydrogens (tertiary/aromatic N) is 2. The van der Waals surface area contributed by atoms with Gasteiger partial charge in [-0.05, 0) is 33.7 Å². The number of para-hydroxylation sites is 1. The number of benzene rings is 5. The maximum atomic E-state index is 5.20. The van der Waals surface area contributed by atoms with Gasteiger partial charge in [0.05, 0.1) is 11.0 Å². The van der Waals surface area contributed by atoms with Crippen molar-refractivity contribution in [2.75, 3.05) is 0 Å². The second-order valence-corrected chi connectivity index (χ2v) is 8.83. The average Bonchev–Trinajstić information content (AvgIpc) is 3.27. The summed E-state index contributed by atoms with van der Waals surface area (Å²) in [5.74, 6) is 0. The molecule has 33 heavy (non-hydrogen) atoms. The average molecular weight is 418 g/mol. The molecule has 0 aliphatic rings. The number of hydrogen-bond acceptors (Lipinski definition) is 1. The van der Waals surface area contributed by atoms with Gasteiger partial charge in [-0.2, -0.15) is 0 Å². The highest BCUT2D eigenvalue weighted by atomic mass is 15.0. The standard InChI is InChI=1S/C31H18N2/c1-3-11-21-20(10-1)18-33-30(21)29-25-15-7-5-13-23(25)22-12-4-6-14-24(22)28(29)26-17-19-9-2-8-16-27(19)32-31(26)33/h1-18H. The number of pyridine rings is 2. The highest BCUT2D eigenvalue weighted by Gasteiger charge is 2.19. The van der Waals surface area contributed by atoms with E-state index in [9.17, 15) is 0 Å². The quantitative estimate of drug-likeness (QED) is 0.179. The lowest BCUT2D eigenvalue weighted by atomic mass is 9.92. The zero-order valence-electron chi connectivity index (χ0n) is 17.8. The summed E-state index contributed by atoms with van der Waals surface area (Å²) in [6.07, 6.45) is 2.25. The van der Waals surface area contributed by atoms with Crippen LogP contribution >= 0.6 is 0 Å². The van der Waals surface area contributed by atoms with Crippen LogP contribution in [0.3, 0.4) is 0 Å². The van der Waals surface area contributed by atoms with Crippen molar-refractivity contribution < 1.29 is 0 Å². The first kappa shape index (κ1) is 17.2. The minimum atomic E-state index is 1.01. The predicted molar refractivity (Wildman–Crippen MR) is 140 cm³/mol. The number of fused-ring (bicyclic) bond motifs is 14. The Hall–Kier alpha value is -4.43. The molecule has 0 N–H and O–H groups in total. The van der Waals surface area contributed by atoms with Gasteiger partial charge in [-0.15, -0.1) is 0 Å². The van der Waals surface area contributed by atoms with Gasteiger partial charge in [0.25, 0.3) is 0 Å². The van der Waals surface area contributed by atoms with Crippen molar-refractivity contribution in [3.05, 3.63) is 109 Å². The van der Waals surface area contributed by atoms with Crippen LogP contribution in [-0.4, -0.2) is 9.38 Å². The highest BCUT2D eigenvalue weighted by Crippen LogP contribution is 2.43. The van der Waals surface area contributed by atoms with E-state index >= 15 is 0 Å². The monoisotopic (exact) mass is 418 g/mol. The van der Waals surface area contributed by atoms with Crippen LogP contribution in [0.1, 0.15) is 0 Å². The van der Waals surface area contributed by atoms with E-state index in [1.54, 1.807) is 0 Å². The molecule has 5 aromatic carbocycles. The molecule has 0 aliphatic heterocycles. The normalized spacial score (nSPS) is 12.2. The molecule has 0 spiro atoms. The van der Waals surface area contributed by atoms with Crippen LogP contribution in [0.4, 0.5) is 0 Å². The lowest BCUT2D eigenvalue weighted by Crippen LogP contribution is -1.95. The number of rotatable bonds is 0. The highest BCUT2D eigenvalue weighted by molar-refractivity contribution is 6.36. The Labute approximate surface area is 189 Å². The molecule has 0 unspecified atom stereocenters. The van der Waals surface area contributed by atoms with Crippen molar-refractivity contribution in [2.24, 2.45) is 0 Å². The molecule has 0 amide bonds. The van der Waals surface area contributed by atoms with Crippen molar-refractivity contribution in [2.45, 2.75) is 0 Å². The fourth-order valence-corrected chi connectivity index (χ4v) is 5.72. The predicted octanol–water partition coefficient (Wildman–Crippen LogP) is 8.25. The molecule has 3 heterocycles. The van der Waals surface area contributed by atoms with Crippen LogP contribution in [0, 0.1) is 0 Å². The summed E-state index contributed by atoms with van der Waals surface area (Å²) in [7, 11) is 0. The van der Waals surface area contributed by atoms with Crippen molar-refractivity contribution in [1.82, 2.24) is 9.38 Å². The Morgan fingerprint density at radius 3 is 1.82 bits per heavy atom. The van der Waals surface area contributed by atoms with E-state index in [-0.39, 0.29) is 0 Å². The second-order valence-electron chi connectivity index (χ2n) is 8.83. The fourth-order valence-electron chi connectivity index (χ4n) is 5.72. The molecule has 0 saturated heterocycles. The maximum Gasteiger partial charge on any atom is 0.145 e. The Bertz CT molecular complexity index is 2080. The van der Waals surface area contributed by atoms with Crippen molar-refractivity contribution in [3.8, 4) is 0 Å². The topological polar surface area (TPSA) is 17.3 Å². The minimum absolute atomic E-state index is 1.01. The van der Waals surface area contributed by atoms with E-state index in [0.29, 0.717) is 0 Å². The third kappa shape index (κ3) is 2.15. The maximum absolute atomic E-state index is 5.20. The molecule has 0 aliphatic carbocycles. The Kier molecular flexibility index (Phi) is 3.16. The Balaban J connectivity index is 1.85. The number of hydrogen-bond donors (Lipinski definition) is 0. The molecule has 0 fully saturated rings. The van der Waals surface area contributed by atoms with Gasteiger partial charge in [-0.1, -0.05) is 91.0 Å². The van der Waals surface area contributed by atoms with Gasteiger partial charge in [0.15, 0.2) is 0 Å². The van der Waals surface area contributed by atoms with E-state index in [1.807, 2.05) is 0 Å². The molecule has 2 heteroatoms. The molecular weight excluding hydrogens is 400 g/mol. The van der Waals surface area contributed by atoms with E-state index in [0.717, 1.165) is 11.2 Å². The Morgan fingerprint density at radius 1 is 0.485 bits per heavy atom. The fraction of sp³-hybridized carbons (Fsp3) is 0. The summed E-state index contributed by atoms with van der Waals surface area (Å²) in [4.78, 5) is 5.20. The zero-order chi connectivity index (χ0) is 21.5. The molecule has 152 valence electrons. The van der Waals surface area contributed by atoms with E-state index in [1.165, 1.54) is 59.4 Å². The van der Waals surface area contributed by atoms with Crippen LogP contribution in [0.2, 0.25) is 0 Å². The summed E-state index contributed by atoms with van der Waals surface area (Å²) in [6, 6.07) is 37.0. The smallest absolute Gasteiger partial charge is 0.145 e. The largest absolute Gasteiger partial charge is 0.299 e. The molecule has 2 nitrogen and oxygen atoms in total. The van der Waals surface area contributed by atoms with Crippen LogP contribution in [0.5, 0.6) is 0 Å². The second kappa shape index (κ2) is 6.08. The molecule has 0 atom stereocenters. The molecule has 0 radical (unpaired) electrons. The molecule has 0 bridgehead atoms. The van der Waals surface area contributed by atoms with Crippen molar-refractivity contribution in [1.29, 1.82) is 0 Å². The van der Waals surface area contributed by atoms with E-state index in [2.05, 4.69) is 114 Å². The van der Waals surface area contributed by atoms with Gasteiger partial charge in [0.1, 0.15) is 5.65 Å². The van der Waals surface area contributed by atoms with Gasteiger partial charge in [-0.25, -0.2) is 4.98 Å².